The Hall–Kier alpha value is -2.18. The van der Waals surface area contributed by atoms with Crippen molar-refractivity contribution in [1.29, 1.82) is 0 Å². The van der Waals surface area contributed by atoms with E-state index >= 15 is 0 Å². The summed E-state index contributed by atoms with van der Waals surface area (Å²) in [7, 11) is 0. The number of allylic oxidation sites excluding steroid dienone is 2. The van der Waals surface area contributed by atoms with Crippen molar-refractivity contribution in [2.45, 2.75) is 186 Å². The number of aryl methyl sites for hydroxylation is 2. The van der Waals surface area contributed by atoms with Gasteiger partial charge in [0.2, 0.25) is 0 Å². The molecule has 0 N–H and O–H groups in total. The Morgan fingerprint density at radius 3 is 1.05 bits per heavy atom. The van der Waals surface area contributed by atoms with Crippen LogP contribution in [-0.2, 0) is 41.9 Å². The van der Waals surface area contributed by atoms with E-state index in [4.69, 9.17) is 0 Å². The second-order valence-corrected chi connectivity index (χ2v) is 34.7. The molecule has 0 amide bonds. The fourth-order valence-corrected chi connectivity index (χ4v) is 28.7. The number of rotatable bonds is 10. The molecule has 0 bridgehead atoms. The molecule has 3 aliphatic rings. The number of unbranched alkanes of at least 4 members (excludes halogenated alkanes) is 2. The smallest absolute Gasteiger partial charge is 1.00 e. The molecule has 0 spiro atoms. The standard InChI is InChI=1S/2C28H37.C2H4.2ClH.Zr/c2*1-9-10-11-20-14-25-19(2)12-13-24(26(25)15-20)21-16-22(27(3,4)5)18-23(17-21)28(6,7)8;1-2;;;/h2*12-18H,9-11H2,1-8H3;1-2H2;2*1H;/q;;;;;+2/p-2. The third-order valence-corrected chi connectivity index (χ3v) is 27.5. The third-order valence-electron chi connectivity index (χ3n) is 14.6. The Balaban J connectivity index is 0.00000352. The van der Waals surface area contributed by atoms with E-state index in [0.29, 0.717) is 7.25 Å². The Morgan fingerprint density at radius 1 is 0.475 bits per heavy atom. The van der Waals surface area contributed by atoms with Gasteiger partial charge in [0, 0.05) is 0 Å². The zero-order chi connectivity index (χ0) is 43.0. The molecule has 1 heterocycles. The van der Waals surface area contributed by atoms with E-state index in [9.17, 15) is 0 Å². The molecule has 7 rings (SSSR count). The summed E-state index contributed by atoms with van der Waals surface area (Å²) in [4.78, 5) is 0. The molecule has 0 saturated carbocycles. The van der Waals surface area contributed by atoms with Crippen LogP contribution in [0.4, 0.5) is 0 Å². The average molecular weight is 937 g/mol. The van der Waals surface area contributed by atoms with E-state index in [0.717, 1.165) is 0 Å². The molecule has 4 aromatic rings. The van der Waals surface area contributed by atoms with Gasteiger partial charge >= 0.3 is 369 Å². The van der Waals surface area contributed by atoms with Crippen LogP contribution < -0.4 is 24.8 Å². The van der Waals surface area contributed by atoms with E-state index in [1.54, 1.807) is 33.4 Å². The van der Waals surface area contributed by atoms with Crippen LogP contribution in [0.15, 0.2) is 71.8 Å². The molecule has 61 heavy (non-hydrogen) atoms. The maximum atomic E-state index is 2.76. The topological polar surface area (TPSA) is 0 Å². The molecular weight excluding hydrogens is 859 g/mol. The summed E-state index contributed by atoms with van der Waals surface area (Å²) < 4.78 is 4.31. The quantitative estimate of drug-likeness (QED) is 0.149. The van der Waals surface area contributed by atoms with Gasteiger partial charge in [0.15, 0.2) is 0 Å². The van der Waals surface area contributed by atoms with E-state index in [1.807, 2.05) is 0 Å². The van der Waals surface area contributed by atoms with Crippen LogP contribution in [0.5, 0.6) is 0 Å². The van der Waals surface area contributed by atoms with Crippen LogP contribution in [0.25, 0.3) is 34.4 Å². The molecular formula is C58H78Cl2Zr. The number of fused-ring (bicyclic) bond motifs is 2. The Morgan fingerprint density at radius 2 is 0.787 bits per heavy atom. The fourth-order valence-electron chi connectivity index (χ4n) is 10.7. The summed E-state index contributed by atoms with van der Waals surface area (Å²) in [5.74, 6) is 0. The van der Waals surface area contributed by atoms with Crippen molar-refractivity contribution in [2.24, 2.45) is 0 Å². The van der Waals surface area contributed by atoms with Crippen molar-refractivity contribution in [3.05, 3.63) is 127 Å². The zero-order valence-electron chi connectivity index (χ0n) is 41.0. The van der Waals surface area contributed by atoms with Crippen LogP contribution in [0.3, 0.4) is 0 Å². The maximum Gasteiger partial charge on any atom is -1.00 e. The Labute approximate surface area is 390 Å². The fraction of sp³-hybridized carbons (Fsp3) is 0.517. The summed E-state index contributed by atoms with van der Waals surface area (Å²) in [6.45, 7) is 38.2. The molecule has 2 aliphatic carbocycles. The largest absolute Gasteiger partial charge is 1.00 e. The van der Waals surface area contributed by atoms with Crippen LogP contribution in [0, 0.1) is 13.8 Å². The Bertz CT molecular complexity index is 2090. The zero-order valence-corrected chi connectivity index (χ0v) is 45.0. The van der Waals surface area contributed by atoms with Gasteiger partial charge in [-0.3, -0.25) is 0 Å². The van der Waals surface area contributed by atoms with Crippen molar-refractivity contribution < 1.29 is 45.1 Å². The SMILES string of the molecule is CCCCC1=Cc2c(-c3cc(C(C)(C)C)cc(C(C)(C)C)c3)ccc(C)c2[CH]1[Zr+2]1([CH]2C(CCCC)=Cc3c(-c4cc(C(C)(C)C)cc(C(C)(C)C)c4)ccc(C)c32)[CH2][CH2]1.[Cl-].[Cl-]. The van der Waals surface area contributed by atoms with Gasteiger partial charge in [-0.15, -0.1) is 0 Å². The second-order valence-electron chi connectivity index (χ2n) is 23.4. The molecule has 4 aromatic carbocycles. The first-order chi connectivity index (χ1) is 27.5. The minimum Gasteiger partial charge on any atom is -1.00 e. The monoisotopic (exact) mass is 934 g/mol. The van der Waals surface area contributed by atoms with E-state index < -0.39 is 20.3 Å². The number of benzene rings is 4. The van der Waals surface area contributed by atoms with Crippen LogP contribution in [0.2, 0.25) is 8.26 Å². The molecule has 0 aromatic heterocycles. The van der Waals surface area contributed by atoms with Gasteiger partial charge in [-0.25, -0.2) is 0 Å². The first-order valence-corrected chi connectivity index (χ1v) is 29.8. The van der Waals surface area contributed by atoms with Gasteiger partial charge < -0.3 is 24.8 Å². The molecule has 0 radical (unpaired) electrons. The molecule has 1 saturated heterocycles. The first-order valence-electron chi connectivity index (χ1n) is 23.5. The van der Waals surface area contributed by atoms with Crippen LogP contribution >= 0.6 is 0 Å². The summed E-state index contributed by atoms with van der Waals surface area (Å²) in [6, 6.07) is 25.1. The minimum atomic E-state index is -3.01. The van der Waals surface area contributed by atoms with Crippen molar-refractivity contribution in [3.8, 4) is 22.3 Å². The average Bonchev–Trinajstić information content (AvgIpc) is 3.68. The Kier molecular flexibility index (Phi) is 14.7. The third kappa shape index (κ3) is 9.63. The van der Waals surface area contributed by atoms with Gasteiger partial charge in [0.05, 0.1) is 0 Å². The van der Waals surface area contributed by atoms with Crippen LogP contribution in [-0.4, -0.2) is 0 Å². The normalized spacial score (nSPS) is 17.6. The second kappa shape index (κ2) is 18.0. The summed E-state index contributed by atoms with van der Waals surface area (Å²) in [6.07, 6.45) is 13.1. The van der Waals surface area contributed by atoms with Gasteiger partial charge in [-0.05, 0) is 0 Å². The van der Waals surface area contributed by atoms with E-state index in [2.05, 4.69) is 184 Å². The molecule has 2 unspecified atom stereocenters. The summed E-state index contributed by atoms with van der Waals surface area (Å²) in [5, 5.41) is 0. The first kappa shape index (κ1) is 49.8. The summed E-state index contributed by atoms with van der Waals surface area (Å²) >= 11 is -3.01. The summed E-state index contributed by atoms with van der Waals surface area (Å²) in [5.41, 5.74) is 25.1. The molecule has 1 fully saturated rings. The molecule has 2 atom stereocenters. The predicted molar refractivity (Wildman–Crippen MR) is 258 cm³/mol. The minimum absolute atomic E-state index is 0. The molecule has 328 valence electrons. The predicted octanol–water partition coefficient (Wildman–Crippen LogP) is 11.8. The van der Waals surface area contributed by atoms with Gasteiger partial charge in [-0.2, -0.15) is 0 Å². The van der Waals surface area contributed by atoms with Crippen molar-refractivity contribution >= 4 is 12.2 Å². The maximum absolute atomic E-state index is 3.01. The number of halogens is 2. The van der Waals surface area contributed by atoms with Gasteiger partial charge in [0.1, 0.15) is 0 Å². The van der Waals surface area contributed by atoms with Gasteiger partial charge in [-0.1, -0.05) is 0 Å². The van der Waals surface area contributed by atoms with Gasteiger partial charge in [0.25, 0.3) is 0 Å². The number of hydrogen-bond donors (Lipinski definition) is 0. The molecule has 1 aliphatic heterocycles. The number of hydrogen-bond acceptors (Lipinski definition) is 0. The van der Waals surface area contributed by atoms with Crippen molar-refractivity contribution in [3.63, 3.8) is 0 Å². The van der Waals surface area contributed by atoms with E-state index in [1.165, 1.54) is 102 Å². The van der Waals surface area contributed by atoms with E-state index in [-0.39, 0.29) is 46.5 Å². The molecule has 0 nitrogen and oxygen atoms in total. The van der Waals surface area contributed by atoms with Crippen molar-refractivity contribution in [1.82, 2.24) is 0 Å². The molecule has 3 heteroatoms. The van der Waals surface area contributed by atoms with Crippen LogP contribution in [0.1, 0.15) is 198 Å². The van der Waals surface area contributed by atoms with Crippen molar-refractivity contribution in [2.75, 3.05) is 0 Å².